The summed E-state index contributed by atoms with van der Waals surface area (Å²) in [4.78, 5) is 11.1. The average Bonchev–Trinajstić information content (AvgIpc) is 2.48. The van der Waals surface area contributed by atoms with Gasteiger partial charge in [0.05, 0.1) is 5.75 Å². The third kappa shape index (κ3) is 4.74. The number of benzene rings is 2. The Morgan fingerprint density at radius 3 is 2.17 bits per heavy atom. The summed E-state index contributed by atoms with van der Waals surface area (Å²) in [6, 6.07) is 11.8. The lowest BCUT2D eigenvalue weighted by molar-refractivity contribution is -0.113. The highest BCUT2D eigenvalue weighted by Crippen LogP contribution is 2.19. The van der Waals surface area contributed by atoms with Crippen molar-refractivity contribution in [3.05, 3.63) is 74.9 Å². The number of carbonyl (C=O) groups is 1. The molecule has 0 saturated heterocycles. The maximum absolute atomic E-state index is 12.9. The molecule has 0 saturated carbocycles. The molecule has 1 amide bonds. The van der Waals surface area contributed by atoms with Crippen molar-refractivity contribution in [3.8, 4) is 0 Å². The van der Waals surface area contributed by atoms with E-state index in [0.717, 1.165) is 16.6 Å². The lowest BCUT2D eigenvalue weighted by Crippen LogP contribution is -2.22. The molecule has 0 aromatic heterocycles. The van der Waals surface area contributed by atoms with E-state index in [4.69, 9.17) is 5.73 Å². The molecular weight excluding hydrogens is 385 g/mol. The fraction of sp³-hybridized carbons (Fsp3) is 0.0625. The number of amides is 1. The number of rotatable bonds is 5. The molecular formula is C16H13BrFNO3S. The standard InChI is InChI=1S/C16H13BrFNO3S/c17-13-5-1-11(2-6-13)9-15(16(19)20)23(21,22)10-12-3-7-14(18)8-4-12/h1-9H,10H2,(H2,19,20). The lowest BCUT2D eigenvalue weighted by atomic mass is 10.2. The molecule has 2 aromatic rings. The molecule has 7 heteroatoms. The third-order valence-corrected chi connectivity index (χ3v) is 5.25. The molecule has 0 atom stereocenters. The number of carbonyl (C=O) groups excluding carboxylic acids is 1. The molecule has 0 spiro atoms. The molecule has 2 N–H and O–H groups in total. The van der Waals surface area contributed by atoms with Crippen LogP contribution in [0.15, 0.2) is 57.9 Å². The molecule has 0 radical (unpaired) electrons. The van der Waals surface area contributed by atoms with Gasteiger partial charge in [-0.1, -0.05) is 40.2 Å². The van der Waals surface area contributed by atoms with E-state index in [-0.39, 0.29) is 0 Å². The number of sulfone groups is 1. The van der Waals surface area contributed by atoms with E-state index in [1.165, 1.54) is 18.2 Å². The smallest absolute Gasteiger partial charge is 0.260 e. The first-order chi connectivity index (χ1) is 10.8. The van der Waals surface area contributed by atoms with E-state index in [1.54, 1.807) is 24.3 Å². The quantitative estimate of drug-likeness (QED) is 0.787. The van der Waals surface area contributed by atoms with Gasteiger partial charge in [0.15, 0.2) is 9.84 Å². The monoisotopic (exact) mass is 397 g/mol. The van der Waals surface area contributed by atoms with Gasteiger partial charge in [0.1, 0.15) is 10.7 Å². The molecule has 4 nitrogen and oxygen atoms in total. The van der Waals surface area contributed by atoms with Crippen LogP contribution in [-0.2, 0) is 20.4 Å². The highest BCUT2D eigenvalue weighted by atomic mass is 79.9. The van der Waals surface area contributed by atoms with E-state index >= 15 is 0 Å². The number of hydrogen-bond donors (Lipinski definition) is 1. The SMILES string of the molecule is NC(=O)C(=Cc1ccc(Br)cc1)S(=O)(=O)Cc1ccc(F)cc1. The van der Waals surface area contributed by atoms with Crippen molar-refractivity contribution in [2.75, 3.05) is 0 Å². The van der Waals surface area contributed by atoms with E-state index in [0.29, 0.717) is 11.1 Å². The van der Waals surface area contributed by atoms with Gasteiger partial charge in [-0.2, -0.15) is 0 Å². The Bertz CT molecular complexity index is 844. The zero-order valence-corrected chi connectivity index (χ0v) is 14.3. The molecule has 0 unspecified atom stereocenters. The highest BCUT2D eigenvalue weighted by Gasteiger charge is 2.23. The second-order valence-electron chi connectivity index (χ2n) is 4.81. The largest absolute Gasteiger partial charge is 0.365 e. The number of primary amides is 1. The molecule has 0 aliphatic heterocycles. The minimum absolute atomic E-state index is 0.370. The second-order valence-corrected chi connectivity index (χ2v) is 7.68. The summed E-state index contributed by atoms with van der Waals surface area (Å²) < 4.78 is 38.6. The van der Waals surface area contributed by atoms with E-state index in [2.05, 4.69) is 15.9 Å². The summed E-state index contributed by atoms with van der Waals surface area (Å²) in [5.41, 5.74) is 6.12. The van der Waals surface area contributed by atoms with Crippen molar-refractivity contribution < 1.29 is 17.6 Å². The van der Waals surface area contributed by atoms with Crippen LogP contribution in [0.2, 0.25) is 0 Å². The average molecular weight is 398 g/mol. The minimum atomic E-state index is -3.94. The van der Waals surface area contributed by atoms with Crippen LogP contribution in [0, 0.1) is 5.82 Å². The Kier molecular flexibility index (Phi) is 5.33. The van der Waals surface area contributed by atoms with Crippen LogP contribution in [0.4, 0.5) is 4.39 Å². The van der Waals surface area contributed by atoms with Gasteiger partial charge in [-0.3, -0.25) is 4.79 Å². The molecule has 2 rings (SSSR count). The Balaban J connectivity index is 2.37. The summed E-state index contributed by atoms with van der Waals surface area (Å²) in [5, 5.41) is 0. The summed E-state index contributed by atoms with van der Waals surface area (Å²) in [6.45, 7) is 0. The maximum Gasteiger partial charge on any atom is 0.260 e. The first-order valence-electron chi connectivity index (χ1n) is 6.52. The third-order valence-electron chi connectivity index (χ3n) is 3.02. The normalized spacial score (nSPS) is 12.2. The zero-order valence-electron chi connectivity index (χ0n) is 11.9. The van der Waals surface area contributed by atoms with E-state index < -0.39 is 32.2 Å². The number of nitrogens with two attached hydrogens (primary N) is 1. The molecule has 23 heavy (non-hydrogen) atoms. The highest BCUT2D eigenvalue weighted by molar-refractivity contribution is 9.10. The van der Waals surface area contributed by atoms with Gasteiger partial charge in [-0.25, -0.2) is 12.8 Å². The molecule has 0 aliphatic rings. The van der Waals surface area contributed by atoms with Crippen LogP contribution in [0.25, 0.3) is 6.08 Å². The van der Waals surface area contributed by atoms with Crippen LogP contribution >= 0.6 is 15.9 Å². The first kappa shape index (κ1) is 17.4. The van der Waals surface area contributed by atoms with Crippen LogP contribution in [-0.4, -0.2) is 14.3 Å². The Hall–Kier alpha value is -1.99. The first-order valence-corrected chi connectivity index (χ1v) is 8.97. The van der Waals surface area contributed by atoms with Crippen molar-refractivity contribution in [2.24, 2.45) is 5.73 Å². The molecule has 0 aliphatic carbocycles. The van der Waals surface area contributed by atoms with Crippen molar-refractivity contribution in [3.63, 3.8) is 0 Å². The second kappa shape index (κ2) is 7.06. The molecule has 0 bridgehead atoms. The van der Waals surface area contributed by atoms with Crippen molar-refractivity contribution in [1.82, 2.24) is 0 Å². The Labute approximate surface area is 141 Å². The van der Waals surface area contributed by atoms with Gasteiger partial charge < -0.3 is 5.73 Å². The van der Waals surface area contributed by atoms with Crippen LogP contribution < -0.4 is 5.73 Å². The summed E-state index contributed by atoms with van der Waals surface area (Å²) in [5.74, 6) is -1.93. The number of hydrogen-bond acceptors (Lipinski definition) is 3. The molecule has 0 fully saturated rings. The Morgan fingerprint density at radius 2 is 1.65 bits per heavy atom. The van der Waals surface area contributed by atoms with Gasteiger partial charge in [0, 0.05) is 4.47 Å². The van der Waals surface area contributed by atoms with E-state index in [9.17, 15) is 17.6 Å². The fourth-order valence-electron chi connectivity index (χ4n) is 1.90. The van der Waals surface area contributed by atoms with Crippen molar-refractivity contribution >= 4 is 37.8 Å². The van der Waals surface area contributed by atoms with Gasteiger partial charge in [-0.15, -0.1) is 0 Å². The number of halogens is 2. The van der Waals surface area contributed by atoms with Crippen LogP contribution in [0.1, 0.15) is 11.1 Å². The molecule has 0 heterocycles. The minimum Gasteiger partial charge on any atom is -0.365 e. The van der Waals surface area contributed by atoms with Crippen molar-refractivity contribution in [1.29, 1.82) is 0 Å². The van der Waals surface area contributed by atoms with Gasteiger partial charge >= 0.3 is 0 Å². The molecule has 120 valence electrons. The van der Waals surface area contributed by atoms with Gasteiger partial charge in [-0.05, 0) is 41.5 Å². The van der Waals surface area contributed by atoms with Gasteiger partial charge in [0.25, 0.3) is 5.91 Å². The summed E-state index contributed by atoms with van der Waals surface area (Å²) in [7, 11) is -3.94. The lowest BCUT2D eigenvalue weighted by Gasteiger charge is -2.07. The topological polar surface area (TPSA) is 77.2 Å². The van der Waals surface area contributed by atoms with Crippen molar-refractivity contribution in [2.45, 2.75) is 5.75 Å². The fourth-order valence-corrected chi connectivity index (χ4v) is 3.58. The van der Waals surface area contributed by atoms with Gasteiger partial charge in [0.2, 0.25) is 0 Å². The summed E-state index contributed by atoms with van der Waals surface area (Å²) >= 11 is 3.27. The van der Waals surface area contributed by atoms with Crippen LogP contribution in [0.3, 0.4) is 0 Å². The van der Waals surface area contributed by atoms with E-state index in [1.807, 2.05) is 0 Å². The predicted molar refractivity (Wildman–Crippen MR) is 90.3 cm³/mol. The Morgan fingerprint density at radius 1 is 1.09 bits per heavy atom. The zero-order chi connectivity index (χ0) is 17.0. The van der Waals surface area contributed by atoms with Crippen LogP contribution in [0.5, 0.6) is 0 Å². The predicted octanol–water partition coefficient (Wildman–Crippen LogP) is 3.03. The maximum atomic E-state index is 12.9. The summed E-state index contributed by atoms with van der Waals surface area (Å²) in [6.07, 6.45) is 1.23. The molecule has 2 aromatic carbocycles.